The zero-order valence-electron chi connectivity index (χ0n) is 12.3. The second kappa shape index (κ2) is 6.70. The average molecular weight is 329 g/mol. The van der Waals surface area contributed by atoms with Gasteiger partial charge in [0.1, 0.15) is 0 Å². The topological polar surface area (TPSA) is 85.1 Å². The van der Waals surface area contributed by atoms with Gasteiger partial charge in [-0.3, -0.25) is 14.9 Å². The summed E-state index contributed by atoms with van der Waals surface area (Å²) in [4.78, 5) is 27.0. The molecule has 1 atom stereocenters. The van der Waals surface area contributed by atoms with Gasteiger partial charge in [0.05, 0.1) is 10.6 Å². The molecule has 0 aliphatic heterocycles. The van der Waals surface area contributed by atoms with Crippen LogP contribution in [0.25, 0.3) is 11.3 Å². The molecule has 0 fully saturated rings. The van der Waals surface area contributed by atoms with Gasteiger partial charge in [-0.2, -0.15) is 0 Å². The van der Waals surface area contributed by atoms with Gasteiger partial charge in [0.25, 0.3) is 5.69 Å². The number of amides is 1. The van der Waals surface area contributed by atoms with Gasteiger partial charge in [0, 0.05) is 29.0 Å². The Kier molecular flexibility index (Phi) is 4.47. The van der Waals surface area contributed by atoms with E-state index in [0.29, 0.717) is 16.4 Å². The van der Waals surface area contributed by atoms with Crippen molar-refractivity contribution in [1.29, 1.82) is 0 Å². The molecule has 2 aromatic rings. The molecule has 3 rings (SSSR count). The molecule has 1 aliphatic carbocycles. The summed E-state index contributed by atoms with van der Waals surface area (Å²) in [6, 6.07) is 6.31. The Labute approximate surface area is 137 Å². The molecular weight excluding hydrogens is 314 g/mol. The highest BCUT2D eigenvalue weighted by atomic mass is 32.1. The molecule has 7 heteroatoms. The molecule has 1 aromatic heterocycles. The molecule has 0 saturated carbocycles. The molecule has 1 unspecified atom stereocenters. The summed E-state index contributed by atoms with van der Waals surface area (Å²) in [5.74, 6) is -0.0283. The number of nitrogens with zero attached hydrogens (tertiary/aromatic N) is 2. The quantitative estimate of drug-likeness (QED) is 0.521. The van der Waals surface area contributed by atoms with Crippen LogP contribution in [0.1, 0.15) is 19.3 Å². The predicted molar refractivity (Wildman–Crippen MR) is 89.3 cm³/mol. The van der Waals surface area contributed by atoms with Crippen LogP contribution in [0.4, 0.5) is 10.8 Å². The number of carbonyl (C=O) groups excluding carboxylic acids is 1. The maximum absolute atomic E-state index is 12.2. The highest BCUT2D eigenvalue weighted by Gasteiger charge is 2.20. The number of thiazole rings is 1. The number of anilines is 1. The Balaban J connectivity index is 1.73. The molecule has 1 aliphatic rings. The van der Waals surface area contributed by atoms with Gasteiger partial charge < -0.3 is 5.32 Å². The fraction of sp³-hybridized carbons (Fsp3) is 0.250. The van der Waals surface area contributed by atoms with Crippen molar-refractivity contribution in [2.75, 3.05) is 5.32 Å². The molecular formula is C16H15N3O3S. The van der Waals surface area contributed by atoms with Gasteiger partial charge in [-0.15, -0.1) is 11.3 Å². The summed E-state index contributed by atoms with van der Waals surface area (Å²) in [5, 5.41) is 16.0. The van der Waals surface area contributed by atoms with Crippen LogP contribution in [0.3, 0.4) is 0 Å². The first-order chi connectivity index (χ1) is 11.1. The number of hydrogen-bond donors (Lipinski definition) is 1. The minimum atomic E-state index is -0.435. The van der Waals surface area contributed by atoms with Crippen LogP contribution < -0.4 is 5.32 Å². The molecule has 0 bridgehead atoms. The van der Waals surface area contributed by atoms with E-state index < -0.39 is 4.92 Å². The van der Waals surface area contributed by atoms with E-state index in [9.17, 15) is 14.9 Å². The Morgan fingerprint density at radius 1 is 1.39 bits per heavy atom. The molecule has 1 N–H and O–H groups in total. The van der Waals surface area contributed by atoms with Gasteiger partial charge in [-0.05, 0) is 19.3 Å². The molecule has 1 aromatic carbocycles. The number of rotatable bonds is 4. The second-order valence-electron chi connectivity index (χ2n) is 5.32. The van der Waals surface area contributed by atoms with E-state index in [4.69, 9.17) is 0 Å². The third-order valence-electron chi connectivity index (χ3n) is 3.73. The van der Waals surface area contributed by atoms with E-state index in [2.05, 4.69) is 16.4 Å². The van der Waals surface area contributed by atoms with Crippen molar-refractivity contribution in [3.05, 3.63) is 51.9 Å². The van der Waals surface area contributed by atoms with Gasteiger partial charge in [0.2, 0.25) is 5.91 Å². The highest BCUT2D eigenvalue weighted by Crippen LogP contribution is 2.28. The van der Waals surface area contributed by atoms with Crippen LogP contribution in [-0.2, 0) is 4.79 Å². The standard InChI is InChI=1S/C16H15N3O3S/c20-15(11-5-2-1-3-6-11)18-16-17-14(10-23-16)12-7-4-8-13(9-12)19(21)22/h1-2,4,7-11H,3,5-6H2,(H,17,18,20). The van der Waals surface area contributed by atoms with Crippen molar-refractivity contribution in [3.63, 3.8) is 0 Å². The normalized spacial score (nSPS) is 17.0. The van der Waals surface area contributed by atoms with Crippen LogP contribution >= 0.6 is 11.3 Å². The van der Waals surface area contributed by atoms with Crippen molar-refractivity contribution < 1.29 is 9.72 Å². The van der Waals surface area contributed by atoms with Crippen molar-refractivity contribution in [1.82, 2.24) is 4.98 Å². The van der Waals surface area contributed by atoms with Gasteiger partial charge in [-0.1, -0.05) is 24.3 Å². The molecule has 1 amide bonds. The lowest BCUT2D eigenvalue weighted by atomic mass is 9.94. The summed E-state index contributed by atoms with van der Waals surface area (Å²) < 4.78 is 0. The Morgan fingerprint density at radius 2 is 2.26 bits per heavy atom. The molecule has 6 nitrogen and oxygen atoms in total. The summed E-state index contributed by atoms with van der Waals surface area (Å²) in [7, 11) is 0. The zero-order valence-corrected chi connectivity index (χ0v) is 13.1. The number of nitro benzene ring substituents is 1. The molecule has 1 heterocycles. The smallest absolute Gasteiger partial charge is 0.270 e. The Hall–Kier alpha value is -2.54. The number of non-ortho nitro benzene ring substituents is 1. The first kappa shape index (κ1) is 15.4. The van der Waals surface area contributed by atoms with Crippen LogP contribution in [-0.4, -0.2) is 15.8 Å². The van der Waals surface area contributed by atoms with E-state index >= 15 is 0 Å². The Bertz CT molecular complexity index is 769. The monoisotopic (exact) mass is 329 g/mol. The van der Waals surface area contributed by atoms with E-state index in [0.717, 1.165) is 19.3 Å². The third kappa shape index (κ3) is 3.62. The van der Waals surface area contributed by atoms with Crippen molar-refractivity contribution in [2.24, 2.45) is 5.92 Å². The van der Waals surface area contributed by atoms with Crippen molar-refractivity contribution in [2.45, 2.75) is 19.3 Å². The van der Waals surface area contributed by atoms with Crippen LogP contribution in [0.2, 0.25) is 0 Å². The fourth-order valence-electron chi connectivity index (χ4n) is 2.48. The van der Waals surface area contributed by atoms with E-state index in [1.807, 2.05) is 6.08 Å². The third-order valence-corrected chi connectivity index (χ3v) is 4.48. The van der Waals surface area contributed by atoms with Crippen molar-refractivity contribution in [3.8, 4) is 11.3 Å². The molecule has 118 valence electrons. The minimum Gasteiger partial charge on any atom is -0.302 e. The first-order valence-corrected chi connectivity index (χ1v) is 8.17. The average Bonchev–Trinajstić information content (AvgIpc) is 3.04. The van der Waals surface area contributed by atoms with Gasteiger partial charge in [0.15, 0.2) is 5.13 Å². The van der Waals surface area contributed by atoms with Crippen LogP contribution in [0.15, 0.2) is 41.8 Å². The lowest BCUT2D eigenvalue weighted by molar-refractivity contribution is -0.384. The lowest BCUT2D eigenvalue weighted by Crippen LogP contribution is -2.23. The van der Waals surface area contributed by atoms with E-state index in [1.165, 1.54) is 23.5 Å². The van der Waals surface area contributed by atoms with E-state index in [1.54, 1.807) is 17.5 Å². The maximum Gasteiger partial charge on any atom is 0.270 e. The predicted octanol–water partition coefficient (Wildman–Crippen LogP) is 4.01. The zero-order chi connectivity index (χ0) is 16.2. The summed E-state index contributed by atoms with van der Waals surface area (Å²) in [5.41, 5.74) is 1.31. The van der Waals surface area contributed by atoms with E-state index in [-0.39, 0.29) is 17.5 Å². The fourth-order valence-corrected chi connectivity index (χ4v) is 3.20. The number of nitro groups is 1. The molecule has 0 saturated heterocycles. The number of nitrogens with one attached hydrogen (secondary N) is 1. The minimum absolute atomic E-state index is 0.00911. The summed E-state index contributed by atoms with van der Waals surface area (Å²) in [6.07, 6.45) is 6.66. The lowest BCUT2D eigenvalue weighted by Gasteiger charge is -2.15. The Morgan fingerprint density at radius 3 is 3.00 bits per heavy atom. The van der Waals surface area contributed by atoms with Crippen LogP contribution in [0.5, 0.6) is 0 Å². The molecule has 23 heavy (non-hydrogen) atoms. The SMILES string of the molecule is O=C(Nc1nc(-c2cccc([N+](=O)[O-])c2)cs1)C1CC=CCC1. The number of aromatic nitrogens is 1. The first-order valence-electron chi connectivity index (χ1n) is 7.29. The number of benzene rings is 1. The number of hydrogen-bond acceptors (Lipinski definition) is 5. The summed E-state index contributed by atoms with van der Waals surface area (Å²) >= 11 is 1.32. The second-order valence-corrected chi connectivity index (χ2v) is 6.17. The van der Waals surface area contributed by atoms with Gasteiger partial charge in [-0.25, -0.2) is 4.98 Å². The number of carbonyl (C=O) groups is 1. The van der Waals surface area contributed by atoms with Gasteiger partial charge >= 0.3 is 0 Å². The summed E-state index contributed by atoms with van der Waals surface area (Å²) in [6.45, 7) is 0. The largest absolute Gasteiger partial charge is 0.302 e. The van der Waals surface area contributed by atoms with Crippen LogP contribution in [0, 0.1) is 16.0 Å². The number of allylic oxidation sites excluding steroid dienone is 2. The maximum atomic E-state index is 12.2. The molecule has 0 spiro atoms. The molecule has 0 radical (unpaired) electrons. The van der Waals surface area contributed by atoms with Crippen molar-refractivity contribution >= 4 is 28.1 Å². The highest BCUT2D eigenvalue weighted by molar-refractivity contribution is 7.14.